The maximum Gasteiger partial charge on any atom is 0.265 e. The Balaban J connectivity index is 2.02. The summed E-state index contributed by atoms with van der Waals surface area (Å²) in [7, 11) is 0. The van der Waals surface area contributed by atoms with Crippen LogP contribution in [0.2, 0.25) is 5.02 Å². The van der Waals surface area contributed by atoms with Crippen molar-refractivity contribution in [3.8, 4) is 5.69 Å². The monoisotopic (exact) mass is 431 g/mol. The summed E-state index contributed by atoms with van der Waals surface area (Å²) in [6.07, 6.45) is 0.828. The summed E-state index contributed by atoms with van der Waals surface area (Å²) < 4.78 is 3.65. The van der Waals surface area contributed by atoms with Crippen LogP contribution in [0.15, 0.2) is 47.3 Å². The van der Waals surface area contributed by atoms with E-state index in [9.17, 15) is 4.79 Å². The van der Waals surface area contributed by atoms with Gasteiger partial charge < -0.3 is 0 Å². The first kappa shape index (κ1) is 19.7. The van der Waals surface area contributed by atoms with E-state index in [1.165, 1.54) is 0 Å². The maximum atomic E-state index is 13.7. The van der Waals surface area contributed by atoms with Crippen LogP contribution in [0.1, 0.15) is 37.7 Å². The van der Waals surface area contributed by atoms with Crippen LogP contribution in [0.25, 0.3) is 38.9 Å². The van der Waals surface area contributed by atoms with Gasteiger partial charge >= 0.3 is 0 Å². The second-order valence-electron chi connectivity index (χ2n) is 7.94. The van der Waals surface area contributed by atoms with Crippen molar-refractivity contribution in [2.75, 3.05) is 0 Å². The van der Waals surface area contributed by atoms with E-state index in [2.05, 4.69) is 6.92 Å². The topological polar surface area (TPSA) is 65.6 Å². The molecule has 5 aromatic rings. The molecule has 7 heteroatoms. The number of aromatic nitrogens is 5. The lowest BCUT2D eigenvalue weighted by Gasteiger charge is -2.16. The van der Waals surface area contributed by atoms with Gasteiger partial charge in [0.15, 0.2) is 11.3 Å². The molecule has 3 heterocycles. The van der Waals surface area contributed by atoms with Crippen molar-refractivity contribution >= 4 is 44.8 Å². The number of rotatable bonds is 3. The number of fused-ring (bicyclic) bond motifs is 4. The van der Waals surface area contributed by atoms with E-state index >= 15 is 0 Å². The average molecular weight is 432 g/mol. The highest BCUT2D eigenvalue weighted by Gasteiger charge is 2.23. The molecule has 156 valence electrons. The summed E-state index contributed by atoms with van der Waals surface area (Å²) in [5, 5.41) is 1.13. The standard InChI is InChI=1S/C24H22ClN5O/c1-5-14(3)29-15(4)26-22-20(24(29)31)21-23(28-19-9-7-6-8-18(19)27-21)30(22)16-11-10-13(2)17(25)12-16/h6-12,14H,5H2,1-4H3. The molecule has 1 unspecified atom stereocenters. The Kier molecular flexibility index (Phi) is 4.55. The van der Waals surface area contributed by atoms with Gasteiger partial charge in [-0.3, -0.25) is 13.9 Å². The van der Waals surface area contributed by atoms with Crippen LogP contribution >= 0.6 is 11.6 Å². The minimum absolute atomic E-state index is 0.0324. The van der Waals surface area contributed by atoms with Gasteiger partial charge in [-0.2, -0.15) is 0 Å². The fourth-order valence-electron chi connectivity index (χ4n) is 4.08. The lowest BCUT2D eigenvalue weighted by Crippen LogP contribution is -2.26. The second kappa shape index (κ2) is 7.17. The van der Waals surface area contributed by atoms with Crippen LogP contribution in [0.5, 0.6) is 0 Å². The van der Waals surface area contributed by atoms with Gasteiger partial charge in [-0.15, -0.1) is 0 Å². The smallest absolute Gasteiger partial charge is 0.265 e. The van der Waals surface area contributed by atoms with Gasteiger partial charge in [0.1, 0.15) is 16.7 Å². The molecular weight excluding hydrogens is 410 g/mol. The Morgan fingerprint density at radius 1 is 1.00 bits per heavy atom. The molecule has 6 nitrogen and oxygen atoms in total. The number of para-hydroxylation sites is 2. The third kappa shape index (κ3) is 2.93. The Morgan fingerprint density at radius 3 is 2.39 bits per heavy atom. The predicted octanol–water partition coefficient (Wildman–Crippen LogP) is 5.52. The fraction of sp³-hybridized carbons (Fsp3) is 0.250. The molecule has 1 atom stereocenters. The first-order valence-electron chi connectivity index (χ1n) is 10.4. The Labute approximate surface area is 184 Å². The SMILES string of the molecule is CCC(C)n1c(C)nc2c(c1=O)c1nc3ccccc3nc1n2-c1ccc(C)c(Cl)c1. The number of benzene rings is 2. The molecule has 0 fully saturated rings. The Bertz CT molecular complexity index is 1550. The van der Waals surface area contributed by atoms with Crippen molar-refractivity contribution in [3.63, 3.8) is 0 Å². The molecule has 3 aromatic heterocycles. The van der Waals surface area contributed by atoms with Crippen LogP contribution in [0.4, 0.5) is 0 Å². The van der Waals surface area contributed by atoms with E-state index < -0.39 is 0 Å². The van der Waals surface area contributed by atoms with Crippen molar-refractivity contribution < 1.29 is 0 Å². The van der Waals surface area contributed by atoms with Crippen molar-refractivity contribution in [2.24, 2.45) is 0 Å². The van der Waals surface area contributed by atoms with E-state index in [1.807, 2.05) is 67.8 Å². The van der Waals surface area contributed by atoms with Crippen molar-refractivity contribution in [1.29, 1.82) is 0 Å². The lowest BCUT2D eigenvalue weighted by atomic mass is 10.2. The third-order valence-electron chi connectivity index (χ3n) is 5.93. The van der Waals surface area contributed by atoms with Gasteiger partial charge in [-0.05, 0) is 57.0 Å². The van der Waals surface area contributed by atoms with Crippen LogP contribution in [-0.4, -0.2) is 24.1 Å². The molecule has 0 radical (unpaired) electrons. The van der Waals surface area contributed by atoms with Gasteiger partial charge in [0, 0.05) is 11.1 Å². The summed E-state index contributed by atoms with van der Waals surface area (Å²) in [5.74, 6) is 0.665. The zero-order valence-corrected chi connectivity index (χ0v) is 18.6. The average Bonchev–Trinajstić information content (AvgIpc) is 3.06. The second-order valence-corrected chi connectivity index (χ2v) is 8.35. The van der Waals surface area contributed by atoms with Gasteiger partial charge in [-0.25, -0.2) is 15.0 Å². The normalized spacial score (nSPS) is 12.8. The summed E-state index contributed by atoms with van der Waals surface area (Å²) in [4.78, 5) is 28.3. The number of nitrogens with zero attached hydrogens (tertiary/aromatic N) is 5. The first-order valence-corrected chi connectivity index (χ1v) is 10.7. The summed E-state index contributed by atoms with van der Waals surface area (Å²) in [6, 6.07) is 13.5. The minimum Gasteiger partial charge on any atom is -0.293 e. The van der Waals surface area contributed by atoms with Gasteiger partial charge in [-0.1, -0.05) is 36.7 Å². The molecule has 0 aliphatic carbocycles. The zero-order valence-electron chi connectivity index (χ0n) is 17.8. The molecule has 5 rings (SSSR count). The lowest BCUT2D eigenvalue weighted by molar-refractivity contribution is 0.497. The predicted molar refractivity (Wildman–Crippen MR) is 125 cm³/mol. The highest BCUT2D eigenvalue weighted by Crippen LogP contribution is 2.30. The molecule has 0 saturated carbocycles. The molecule has 0 N–H and O–H groups in total. The molecular formula is C24H22ClN5O. The van der Waals surface area contributed by atoms with Gasteiger partial charge in [0.2, 0.25) is 0 Å². The van der Waals surface area contributed by atoms with E-state index in [0.29, 0.717) is 33.0 Å². The quantitative estimate of drug-likeness (QED) is 0.377. The molecule has 0 saturated heterocycles. The summed E-state index contributed by atoms with van der Waals surface area (Å²) in [5.41, 5.74) is 4.89. The molecule has 0 aliphatic heterocycles. The van der Waals surface area contributed by atoms with Gasteiger partial charge in [0.25, 0.3) is 5.56 Å². The van der Waals surface area contributed by atoms with Crippen molar-refractivity contribution in [2.45, 2.75) is 40.2 Å². The molecule has 0 amide bonds. The van der Waals surface area contributed by atoms with Crippen LogP contribution in [0.3, 0.4) is 0 Å². The van der Waals surface area contributed by atoms with Crippen molar-refractivity contribution in [1.82, 2.24) is 24.1 Å². The maximum absolute atomic E-state index is 13.7. The molecule has 31 heavy (non-hydrogen) atoms. The van der Waals surface area contributed by atoms with Crippen LogP contribution in [0, 0.1) is 13.8 Å². The van der Waals surface area contributed by atoms with E-state index in [4.69, 9.17) is 26.6 Å². The highest BCUT2D eigenvalue weighted by molar-refractivity contribution is 6.31. The number of halogens is 1. The first-order chi connectivity index (χ1) is 14.9. The molecule has 0 spiro atoms. The van der Waals surface area contributed by atoms with E-state index in [0.717, 1.165) is 28.7 Å². The van der Waals surface area contributed by atoms with Gasteiger partial charge in [0.05, 0.1) is 16.7 Å². The summed E-state index contributed by atoms with van der Waals surface area (Å²) >= 11 is 6.44. The minimum atomic E-state index is -0.0941. The van der Waals surface area contributed by atoms with Crippen molar-refractivity contribution in [3.05, 3.63) is 69.2 Å². The number of aryl methyl sites for hydroxylation is 2. The van der Waals surface area contributed by atoms with Crippen LogP contribution < -0.4 is 5.56 Å². The highest BCUT2D eigenvalue weighted by atomic mass is 35.5. The Morgan fingerprint density at radius 2 is 1.71 bits per heavy atom. The largest absolute Gasteiger partial charge is 0.293 e. The van der Waals surface area contributed by atoms with E-state index in [-0.39, 0.29) is 11.6 Å². The van der Waals surface area contributed by atoms with Crippen LogP contribution in [-0.2, 0) is 0 Å². The number of hydrogen-bond acceptors (Lipinski definition) is 4. The number of hydrogen-bond donors (Lipinski definition) is 0. The third-order valence-corrected chi connectivity index (χ3v) is 6.34. The molecule has 0 aliphatic rings. The molecule has 0 bridgehead atoms. The molecule has 2 aromatic carbocycles. The Hall–Kier alpha value is -3.25. The summed E-state index contributed by atoms with van der Waals surface area (Å²) in [6.45, 7) is 7.92. The fourth-order valence-corrected chi connectivity index (χ4v) is 4.25. The van der Waals surface area contributed by atoms with E-state index in [1.54, 1.807) is 4.57 Å². The zero-order chi connectivity index (χ0) is 21.9.